The van der Waals surface area contributed by atoms with Crippen LogP contribution in [-0.4, -0.2) is 127 Å². The molecule has 1 N–H and O–H groups in total. The summed E-state index contributed by atoms with van der Waals surface area (Å²) in [6.07, 6.45) is 2.67. The van der Waals surface area contributed by atoms with Crippen molar-refractivity contribution in [1.82, 2.24) is 4.90 Å². The number of esters is 1. The topological polar surface area (TPSA) is 131 Å². The van der Waals surface area contributed by atoms with Crippen molar-refractivity contribution in [3.05, 3.63) is 41.5 Å². The van der Waals surface area contributed by atoms with Crippen LogP contribution in [0.2, 0.25) is 51.4 Å². The molecule has 2 aliphatic heterocycles. The number of hydrogen-bond acceptors (Lipinski definition) is 12. The second-order valence-corrected chi connectivity index (χ2v) is 30.4. The fourth-order valence-electron chi connectivity index (χ4n) is 6.80. The molecule has 0 bridgehead atoms. The van der Waals surface area contributed by atoms with E-state index in [4.69, 9.17) is 37.9 Å². The third-order valence-corrected chi connectivity index (χ3v) is 14.9. The second-order valence-electron chi connectivity index (χ2n) is 18.2. The Morgan fingerprint density at radius 2 is 1.64 bits per heavy atom. The fraction of sp³-hybridized carbons (Fsp3) is 0.727. The zero-order valence-corrected chi connectivity index (χ0v) is 40.5. The molecule has 2 aliphatic rings. The number of aliphatic hydroxyl groups excluding tert-OH is 1. The molecule has 334 valence electrons. The molecule has 1 amide bonds. The number of thioether (sulfide) groups is 1. The standard InChI is InChI=1S/C44H73NO11SSi2/c1-33(12-17-38-27-36(46)28-44(51-5,56-38)41-30-57-43(48)45(41)29-35-15-18-37(49-3)19-16-35)13-20-39(54-31-52-22-24-58(6,7)8)40(21-14-34(2)26-42(47)50-4)55-32-53-23-25-59(9,10)11/h15-16,18-19,26,33,36,38-41,46H,12,14,17,21-25,27-32H2,1-11H3/b34-26+/t33-,36+,38?,39-,40-,41?,44-/m0/s1. The van der Waals surface area contributed by atoms with E-state index in [0.29, 0.717) is 57.6 Å². The highest BCUT2D eigenvalue weighted by Crippen LogP contribution is 2.42. The van der Waals surface area contributed by atoms with E-state index in [0.717, 1.165) is 29.0 Å². The van der Waals surface area contributed by atoms with Gasteiger partial charge in [0, 0.05) is 67.2 Å². The summed E-state index contributed by atoms with van der Waals surface area (Å²) in [5, 5.41) is 11.1. The van der Waals surface area contributed by atoms with Crippen LogP contribution in [0.15, 0.2) is 35.9 Å². The van der Waals surface area contributed by atoms with E-state index in [9.17, 15) is 14.7 Å². The van der Waals surface area contributed by atoms with E-state index < -0.39 is 46.2 Å². The Bertz CT molecular complexity index is 1520. The van der Waals surface area contributed by atoms with Gasteiger partial charge in [-0.05, 0) is 68.8 Å². The number of carbonyl (C=O) groups excluding carboxylic acids is 2. The Balaban J connectivity index is 1.75. The predicted octanol–water partition coefficient (Wildman–Crippen LogP) is 8.33. The van der Waals surface area contributed by atoms with Crippen LogP contribution in [0.1, 0.15) is 57.9 Å². The van der Waals surface area contributed by atoms with E-state index in [-0.39, 0.29) is 43.3 Å². The maximum atomic E-state index is 13.2. The number of methoxy groups -OCH3 is 3. The Labute approximate surface area is 360 Å². The van der Waals surface area contributed by atoms with Crippen molar-refractivity contribution in [2.75, 3.05) is 53.9 Å². The number of aliphatic hydroxyl groups is 1. The summed E-state index contributed by atoms with van der Waals surface area (Å²) in [6.45, 7) is 19.6. The molecular weight excluding hydrogens is 807 g/mol. The fourth-order valence-corrected chi connectivity index (χ4v) is 9.41. The van der Waals surface area contributed by atoms with Crippen LogP contribution in [0.25, 0.3) is 0 Å². The zero-order chi connectivity index (χ0) is 43.6. The summed E-state index contributed by atoms with van der Waals surface area (Å²) in [6, 6.07) is 9.33. The van der Waals surface area contributed by atoms with Crippen molar-refractivity contribution in [2.45, 2.75) is 147 Å². The lowest BCUT2D eigenvalue weighted by Crippen LogP contribution is -2.60. The van der Waals surface area contributed by atoms with Crippen molar-refractivity contribution < 1.29 is 52.6 Å². The van der Waals surface area contributed by atoms with Crippen LogP contribution in [0, 0.1) is 17.8 Å². The minimum atomic E-state index is -1.29. The summed E-state index contributed by atoms with van der Waals surface area (Å²) >= 11 is 1.25. The Morgan fingerprint density at radius 1 is 1.00 bits per heavy atom. The highest BCUT2D eigenvalue weighted by molar-refractivity contribution is 8.13. The van der Waals surface area contributed by atoms with Gasteiger partial charge in [0.05, 0.1) is 38.6 Å². The summed E-state index contributed by atoms with van der Waals surface area (Å²) < 4.78 is 47.5. The van der Waals surface area contributed by atoms with Gasteiger partial charge in [0.15, 0.2) is 5.79 Å². The number of carbonyl (C=O) groups is 2. The summed E-state index contributed by atoms with van der Waals surface area (Å²) in [7, 11) is 2.02. The first kappa shape index (κ1) is 51.1. The molecule has 1 aromatic carbocycles. The molecule has 0 radical (unpaired) electrons. The monoisotopic (exact) mass is 879 g/mol. The van der Waals surface area contributed by atoms with Gasteiger partial charge in [-0.1, -0.05) is 87.5 Å². The van der Waals surface area contributed by atoms with Crippen molar-refractivity contribution in [1.29, 1.82) is 0 Å². The van der Waals surface area contributed by atoms with E-state index in [1.165, 1.54) is 24.9 Å². The molecular formula is C44H73NO11SSi2. The van der Waals surface area contributed by atoms with Gasteiger partial charge >= 0.3 is 5.97 Å². The summed E-state index contributed by atoms with van der Waals surface area (Å²) in [4.78, 5) is 26.9. The first-order valence-corrected chi connectivity index (χ1v) is 29.4. The third-order valence-electron chi connectivity index (χ3n) is 10.6. The molecule has 59 heavy (non-hydrogen) atoms. The van der Waals surface area contributed by atoms with Gasteiger partial charge in [0.1, 0.15) is 25.4 Å². The van der Waals surface area contributed by atoms with Crippen LogP contribution >= 0.6 is 11.8 Å². The maximum Gasteiger partial charge on any atom is 0.330 e. The van der Waals surface area contributed by atoms with Gasteiger partial charge in [0.2, 0.25) is 0 Å². The SMILES string of the molecule is COC(=O)/C=C(\C)CC[C@H](OCOCC[Si](C)(C)C)[C@H](C#C[C@@H](C)CCC1C[C@@H](O)C[C@@](OC)(C2CSC(=O)N2Cc2ccc(OC)cc2)O1)OCOCC[Si](C)(C)C. The van der Waals surface area contributed by atoms with Gasteiger partial charge in [-0.3, -0.25) is 4.79 Å². The average molecular weight is 880 g/mol. The number of amides is 1. The first-order valence-electron chi connectivity index (χ1n) is 21.0. The van der Waals surface area contributed by atoms with Crippen molar-refractivity contribution in [3.8, 4) is 17.6 Å². The van der Waals surface area contributed by atoms with Crippen LogP contribution in [0.4, 0.5) is 4.79 Å². The van der Waals surface area contributed by atoms with E-state index >= 15 is 0 Å². The Morgan fingerprint density at radius 3 is 2.24 bits per heavy atom. The van der Waals surface area contributed by atoms with Gasteiger partial charge in [-0.25, -0.2) is 4.79 Å². The van der Waals surface area contributed by atoms with Gasteiger partial charge in [0.25, 0.3) is 5.24 Å². The van der Waals surface area contributed by atoms with Crippen LogP contribution < -0.4 is 4.74 Å². The molecule has 0 aliphatic carbocycles. The van der Waals surface area contributed by atoms with Crippen LogP contribution in [0.3, 0.4) is 0 Å². The number of allylic oxidation sites excluding steroid dienone is 1. The molecule has 3 rings (SSSR count). The lowest BCUT2D eigenvalue weighted by atomic mass is 9.90. The zero-order valence-electron chi connectivity index (χ0n) is 37.6. The molecule has 1 aromatic rings. The van der Waals surface area contributed by atoms with Gasteiger partial charge in [-0.15, -0.1) is 0 Å². The predicted molar refractivity (Wildman–Crippen MR) is 239 cm³/mol. The van der Waals surface area contributed by atoms with Gasteiger partial charge < -0.3 is 47.9 Å². The molecule has 15 heteroatoms. The average Bonchev–Trinajstić information content (AvgIpc) is 3.54. The first-order chi connectivity index (χ1) is 27.9. The van der Waals surface area contributed by atoms with E-state index in [1.807, 2.05) is 31.2 Å². The van der Waals surface area contributed by atoms with Gasteiger partial charge in [-0.2, -0.15) is 0 Å². The molecule has 0 aromatic heterocycles. The number of nitrogens with zero attached hydrogens (tertiary/aromatic N) is 1. The normalized spacial score (nSPS) is 23.1. The van der Waals surface area contributed by atoms with Crippen LogP contribution in [0.5, 0.6) is 5.75 Å². The Hall–Kier alpha value is -2.24. The van der Waals surface area contributed by atoms with Crippen LogP contribution in [-0.2, 0) is 44.5 Å². The molecule has 2 saturated heterocycles. The summed E-state index contributed by atoms with van der Waals surface area (Å²) in [5.74, 6) is 6.46. The molecule has 2 heterocycles. The highest BCUT2D eigenvalue weighted by atomic mass is 32.2. The molecule has 2 fully saturated rings. The van der Waals surface area contributed by atoms with E-state index in [2.05, 4.69) is 58.0 Å². The third kappa shape index (κ3) is 18.7. The lowest BCUT2D eigenvalue weighted by Gasteiger charge is -2.47. The van der Waals surface area contributed by atoms with Crippen molar-refractivity contribution in [3.63, 3.8) is 0 Å². The number of ether oxygens (including phenoxy) is 8. The largest absolute Gasteiger partial charge is 0.497 e. The molecule has 0 spiro atoms. The molecule has 12 nitrogen and oxygen atoms in total. The smallest absolute Gasteiger partial charge is 0.330 e. The number of rotatable bonds is 25. The number of hydrogen-bond donors (Lipinski definition) is 1. The van der Waals surface area contributed by atoms with E-state index in [1.54, 1.807) is 19.1 Å². The van der Waals surface area contributed by atoms with Crippen molar-refractivity contribution >= 4 is 39.1 Å². The maximum absolute atomic E-state index is 13.2. The number of benzene rings is 1. The Kier molecular flexibility index (Phi) is 21.7. The summed E-state index contributed by atoms with van der Waals surface area (Å²) in [5.41, 5.74) is 1.83. The molecule has 7 atom stereocenters. The molecule has 2 unspecified atom stereocenters. The quantitative estimate of drug-likeness (QED) is 0.0253. The molecule has 0 saturated carbocycles. The highest BCUT2D eigenvalue weighted by Gasteiger charge is 2.53. The van der Waals surface area contributed by atoms with Crippen molar-refractivity contribution in [2.24, 2.45) is 5.92 Å². The second kappa shape index (κ2) is 25.0. The minimum Gasteiger partial charge on any atom is -0.497 e. The minimum absolute atomic E-state index is 0.0420. The lowest BCUT2D eigenvalue weighted by molar-refractivity contribution is -0.305.